The number of aromatic nitrogens is 1. The number of fused-ring (bicyclic) bond motifs is 1. The van der Waals surface area contributed by atoms with E-state index in [4.69, 9.17) is 4.42 Å². The van der Waals surface area contributed by atoms with E-state index < -0.39 is 5.76 Å². The first-order chi connectivity index (χ1) is 9.69. The number of hydrogen-bond acceptors (Lipinski definition) is 3. The first-order valence-corrected chi connectivity index (χ1v) is 6.23. The predicted molar refractivity (Wildman–Crippen MR) is 74.1 cm³/mol. The van der Waals surface area contributed by atoms with E-state index in [0.717, 1.165) is 5.56 Å². The number of oxazole rings is 1. The highest BCUT2D eigenvalue weighted by atomic mass is 19.1. The van der Waals surface area contributed by atoms with Gasteiger partial charge in [0.2, 0.25) is 0 Å². The average molecular weight is 272 g/mol. The second-order valence-electron chi connectivity index (χ2n) is 4.51. The van der Waals surface area contributed by atoms with Crippen LogP contribution in [0.5, 0.6) is 0 Å². The first kappa shape index (κ1) is 12.6. The van der Waals surface area contributed by atoms with E-state index in [9.17, 15) is 9.18 Å². The maximum absolute atomic E-state index is 13.9. The molecule has 0 bridgehead atoms. The van der Waals surface area contributed by atoms with Crippen LogP contribution in [0.15, 0.2) is 51.7 Å². The fourth-order valence-corrected chi connectivity index (χ4v) is 2.35. The molecule has 0 aliphatic heterocycles. The highest BCUT2D eigenvalue weighted by Gasteiger charge is 2.16. The highest BCUT2D eigenvalue weighted by Crippen LogP contribution is 2.26. The van der Waals surface area contributed by atoms with E-state index >= 15 is 0 Å². The Hall–Kier alpha value is -2.40. The summed E-state index contributed by atoms with van der Waals surface area (Å²) in [5.74, 6) is -0.772. The summed E-state index contributed by atoms with van der Waals surface area (Å²) in [6.07, 6.45) is 0. The Balaban J connectivity index is 2.11. The molecule has 102 valence electrons. The maximum Gasteiger partial charge on any atom is 0.417 e. The smallest absolute Gasteiger partial charge is 0.408 e. The average Bonchev–Trinajstić information content (AvgIpc) is 2.81. The Morgan fingerprint density at radius 1 is 1.25 bits per heavy atom. The second kappa shape index (κ2) is 4.94. The van der Waals surface area contributed by atoms with Crippen molar-refractivity contribution in [1.82, 2.24) is 10.3 Å². The molecule has 0 spiro atoms. The number of benzene rings is 2. The molecule has 1 unspecified atom stereocenters. The van der Waals surface area contributed by atoms with Gasteiger partial charge in [0.15, 0.2) is 5.58 Å². The van der Waals surface area contributed by atoms with Gasteiger partial charge in [0.25, 0.3) is 0 Å². The fraction of sp³-hybridized carbons (Fsp3) is 0.133. The van der Waals surface area contributed by atoms with Crippen molar-refractivity contribution >= 4 is 11.1 Å². The lowest BCUT2D eigenvalue weighted by atomic mass is 9.98. The largest absolute Gasteiger partial charge is 0.417 e. The van der Waals surface area contributed by atoms with Gasteiger partial charge in [-0.05, 0) is 30.8 Å². The van der Waals surface area contributed by atoms with Gasteiger partial charge in [-0.2, -0.15) is 0 Å². The van der Waals surface area contributed by atoms with Crippen LogP contribution in [0.4, 0.5) is 4.39 Å². The van der Waals surface area contributed by atoms with Crippen LogP contribution < -0.4 is 11.1 Å². The molecule has 0 aliphatic rings. The van der Waals surface area contributed by atoms with Crippen molar-refractivity contribution in [3.8, 4) is 0 Å². The molecule has 0 aliphatic carbocycles. The molecule has 0 saturated heterocycles. The van der Waals surface area contributed by atoms with Gasteiger partial charge in [-0.3, -0.25) is 4.98 Å². The Morgan fingerprint density at radius 2 is 2.05 bits per heavy atom. The summed E-state index contributed by atoms with van der Waals surface area (Å²) in [5.41, 5.74) is 2.46. The van der Waals surface area contributed by atoms with Gasteiger partial charge >= 0.3 is 5.76 Å². The third kappa shape index (κ3) is 2.12. The van der Waals surface area contributed by atoms with Gasteiger partial charge in [0, 0.05) is 5.56 Å². The van der Waals surface area contributed by atoms with Crippen molar-refractivity contribution in [1.29, 1.82) is 0 Å². The minimum atomic E-state index is -0.496. The van der Waals surface area contributed by atoms with Crippen LogP contribution in [0.1, 0.15) is 17.2 Å². The Bertz CT molecular complexity index is 807. The SMILES string of the molecule is CNC(c1ccc2[nH]c(=O)oc2c1)c1ccccc1F. The Morgan fingerprint density at radius 3 is 2.80 bits per heavy atom. The van der Waals surface area contributed by atoms with Crippen LogP contribution in [0.3, 0.4) is 0 Å². The molecule has 1 aromatic heterocycles. The molecule has 3 rings (SSSR count). The maximum atomic E-state index is 13.9. The monoisotopic (exact) mass is 272 g/mol. The van der Waals surface area contributed by atoms with Gasteiger partial charge < -0.3 is 9.73 Å². The quantitative estimate of drug-likeness (QED) is 0.770. The van der Waals surface area contributed by atoms with Gasteiger partial charge in [-0.25, -0.2) is 9.18 Å². The molecular formula is C15H13FN2O2. The summed E-state index contributed by atoms with van der Waals surface area (Å²) in [5, 5.41) is 3.08. The van der Waals surface area contributed by atoms with E-state index in [0.29, 0.717) is 16.7 Å². The number of rotatable bonds is 3. The zero-order chi connectivity index (χ0) is 14.1. The lowest BCUT2D eigenvalue weighted by molar-refractivity contribution is 0.552. The molecule has 1 atom stereocenters. The second-order valence-corrected chi connectivity index (χ2v) is 4.51. The molecular weight excluding hydrogens is 259 g/mol. The van der Waals surface area contributed by atoms with Crippen LogP contribution in [-0.4, -0.2) is 12.0 Å². The number of nitrogens with one attached hydrogen (secondary N) is 2. The van der Waals surface area contributed by atoms with Crippen molar-refractivity contribution in [2.24, 2.45) is 0 Å². The van der Waals surface area contributed by atoms with Crippen LogP contribution >= 0.6 is 0 Å². The van der Waals surface area contributed by atoms with Crippen molar-refractivity contribution in [2.45, 2.75) is 6.04 Å². The van der Waals surface area contributed by atoms with Gasteiger partial charge in [0.1, 0.15) is 5.82 Å². The molecule has 20 heavy (non-hydrogen) atoms. The van der Waals surface area contributed by atoms with Crippen LogP contribution in [0.2, 0.25) is 0 Å². The predicted octanol–water partition coefficient (Wildman–Crippen LogP) is 2.57. The van der Waals surface area contributed by atoms with Gasteiger partial charge in [-0.15, -0.1) is 0 Å². The number of hydrogen-bond donors (Lipinski definition) is 2. The van der Waals surface area contributed by atoms with Crippen LogP contribution in [0.25, 0.3) is 11.1 Å². The first-order valence-electron chi connectivity index (χ1n) is 6.23. The Labute approximate surface area is 114 Å². The minimum absolute atomic E-state index is 0.275. The van der Waals surface area contributed by atoms with Crippen molar-refractivity contribution < 1.29 is 8.81 Å². The van der Waals surface area contributed by atoms with E-state index in [1.54, 1.807) is 37.4 Å². The molecule has 4 nitrogen and oxygen atoms in total. The third-order valence-corrected chi connectivity index (χ3v) is 3.28. The van der Waals surface area contributed by atoms with E-state index in [2.05, 4.69) is 10.3 Å². The van der Waals surface area contributed by atoms with Crippen molar-refractivity contribution in [3.63, 3.8) is 0 Å². The van der Waals surface area contributed by atoms with Crippen LogP contribution in [0, 0.1) is 5.82 Å². The molecule has 2 aromatic carbocycles. The lowest BCUT2D eigenvalue weighted by Gasteiger charge is -2.17. The summed E-state index contributed by atoms with van der Waals surface area (Å²) in [6.45, 7) is 0. The summed E-state index contributed by atoms with van der Waals surface area (Å²) in [4.78, 5) is 13.7. The van der Waals surface area contributed by atoms with Crippen LogP contribution in [-0.2, 0) is 0 Å². The Kier molecular flexibility index (Phi) is 3.12. The standard InChI is InChI=1S/C15H13FN2O2/c1-17-14(10-4-2-3-5-11(10)16)9-6-7-12-13(8-9)20-15(19)18-12/h2-8,14,17H,1H3,(H,18,19). The molecule has 3 aromatic rings. The van der Waals surface area contributed by atoms with E-state index in [1.165, 1.54) is 6.07 Å². The minimum Gasteiger partial charge on any atom is -0.408 e. The number of halogens is 1. The fourth-order valence-electron chi connectivity index (χ4n) is 2.35. The van der Waals surface area contributed by atoms with Crippen molar-refractivity contribution in [3.05, 3.63) is 70.0 Å². The number of H-pyrrole nitrogens is 1. The van der Waals surface area contributed by atoms with Crippen molar-refractivity contribution in [2.75, 3.05) is 7.05 Å². The van der Waals surface area contributed by atoms with Gasteiger partial charge in [0.05, 0.1) is 11.6 Å². The lowest BCUT2D eigenvalue weighted by Crippen LogP contribution is -2.18. The molecule has 0 radical (unpaired) electrons. The summed E-state index contributed by atoms with van der Waals surface area (Å²) < 4.78 is 18.9. The zero-order valence-electron chi connectivity index (χ0n) is 10.8. The van der Waals surface area contributed by atoms with Gasteiger partial charge in [-0.1, -0.05) is 24.3 Å². The topological polar surface area (TPSA) is 58.0 Å². The molecule has 0 saturated carbocycles. The van der Waals surface area contributed by atoms with E-state index in [1.807, 2.05) is 6.07 Å². The molecule has 2 N–H and O–H groups in total. The summed E-state index contributed by atoms with van der Waals surface area (Å²) in [7, 11) is 1.76. The zero-order valence-corrected chi connectivity index (χ0v) is 10.8. The van der Waals surface area contributed by atoms with E-state index in [-0.39, 0.29) is 11.9 Å². The third-order valence-electron chi connectivity index (χ3n) is 3.28. The number of aromatic amines is 1. The summed E-state index contributed by atoms with van der Waals surface area (Å²) >= 11 is 0. The summed E-state index contributed by atoms with van der Waals surface area (Å²) in [6, 6.07) is 11.6. The molecule has 0 fully saturated rings. The highest BCUT2D eigenvalue weighted by molar-refractivity contribution is 5.73. The molecule has 0 amide bonds. The molecule has 5 heteroatoms. The molecule has 1 heterocycles. The normalized spacial score (nSPS) is 12.7.